The molecule has 2 bridgehead atoms. The molecule has 2 rings (SSSR count). The maximum Gasteiger partial charge on any atom is 0.479 e. The van der Waals surface area contributed by atoms with E-state index >= 15 is 0 Å². The van der Waals surface area contributed by atoms with Crippen LogP contribution in [0.5, 0.6) is 0 Å². The first-order valence-corrected chi connectivity index (χ1v) is 14.5. The molecule has 3 atom stereocenters. The van der Waals surface area contributed by atoms with E-state index in [4.69, 9.17) is 12.7 Å². The third kappa shape index (κ3) is 6.77. The largest absolute Gasteiger partial charge is 0.479 e. The van der Waals surface area contributed by atoms with E-state index in [9.17, 15) is 0 Å². The SMILES string of the molecule is CCO[Si](CCC1CC2C=CC1C2)(O[SiH2]C=C(C)C)O[SiH2]C=C(C)C. The molecule has 0 spiro atoms. The Balaban J connectivity index is 1.99. The van der Waals surface area contributed by atoms with Gasteiger partial charge in [-0.3, -0.25) is 0 Å². The Bertz CT molecular complexity index is 486. The minimum Gasteiger partial charge on any atom is -0.418 e. The molecule has 0 aromatic rings. The lowest BCUT2D eigenvalue weighted by molar-refractivity contribution is 0.177. The maximum absolute atomic E-state index is 6.45. The molecule has 0 saturated heterocycles. The maximum atomic E-state index is 6.45. The van der Waals surface area contributed by atoms with E-state index in [1.807, 2.05) is 0 Å². The van der Waals surface area contributed by atoms with E-state index < -0.39 is 28.3 Å². The summed E-state index contributed by atoms with van der Waals surface area (Å²) in [7, 11) is -3.96. The van der Waals surface area contributed by atoms with Gasteiger partial charge in [-0.2, -0.15) is 0 Å². The van der Waals surface area contributed by atoms with Crippen molar-refractivity contribution in [3.05, 3.63) is 34.7 Å². The highest BCUT2D eigenvalue weighted by molar-refractivity contribution is 6.71. The van der Waals surface area contributed by atoms with Crippen LogP contribution in [0.1, 0.15) is 53.9 Å². The number of rotatable bonds is 11. The minimum absolute atomic E-state index is 0.690. The highest BCUT2D eigenvalue weighted by Crippen LogP contribution is 2.46. The number of hydrogen-bond donors (Lipinski definition) is 0. The Hall–Kier alpha value is -0.249. The van der Waals surface area contributed by atoms with Crippen LogP contribution in [0.3, 0.4) is 0 Å². The molecule has 2 aliphatic rings. The van der Waals surface area contributed by atoms with Gasteiger partial charge in [-0.15, -0.1) is 0 Å². The standard InChI is InChI=1S/C19H36O3Si3/c1-6-20-25(21-23-13-15(2)3,22-24-14-16(4)5)10-9-19-12-17-7-8-18(19)11-17/h7-8,13-14,17-19H,6,9-12,23-24H2,1-5H3. The molecule has 0 N–H and O–H groups in total. The lowest BCUT2D eigenvalue weighted by Gasteiger charge is -2.31. The monoisotopic (exact) mass is 396 g/mol. The van der Waals surface area contributed by atoms with E-state index in [1.165, 1.54) is 30.4 Å². The minimum atomic E-state index is -2.51. The summed E-state index contributed by atoms with van der Waals surface area (Å²) < 4.78 is 19.1. The lowest BCUT2D eigenvalue weighted by atomic mass is 9.91. The molecule has 25 heavy (non-hydrogen) atoms. The van der Waals surface area contributed by atoms with Crippen molar-refractivity contribution in [2.24, 2.45) is 17.8 Å². The normalized spacial score (nSPS) is 27.5. The van der Waals surface area contributed by atoms with Gasteiger partial charge in [0, 0.05) is 12.7 Å². The van der Waals surface area contributed by atoms with Crippen LogP contribution < -0.4 is 0 Å². The van der Waals surface area contributed by atoms with Crippen molar-refractivity contribution in [1.29, 1.82) is 0 Å². The second kappa shape index (κ2) is 10.2. The summed E-state index contributed by atoms with van der Waals surface area (Å²) in [5, 5.41) is 0. The van der Waals surface area contributed by atoms with Crippen LogP contribution in [-0.2, 0) is 12.7 Å². The van der Waals surface area contributed by atoms with Crippen molar-refractivity contribution in [3.63, 3.8) is 0 Å². The Kier molecular flexibility index (Phi) is 8.57. The summed E-state index contributed by atoms with van der Waals surface area (Å²) in [5.74, 6) is 2.44. The second-order valence-corrected chi connectivity index (χ2v) is 13.8. The van der Waals surface area contributed by atoms with Crippen molar-refractivity contribution in [2.75, 3.05) is 6.61 Å². The molecule has 142 valence electrons. The van der Waals surface area contributed by atoms with Gasteiger partial charge < -0.3 is 12.7 Å². The summed E-state index contributed by atoms with van der Waals surface area (Å²) >= 11 is 0. The third-order valence-electron chi connectivity index (χ3n) is 5.19. The topological polar surface area (TPSA) is 27.7 Å². The van der Waals surface area contributed by atoms with E-state index in [1.54, 1.807) is 0 Å². The summed E-state index contributed by atoms with van der Waals surface area (Å²) in [5.41, 5.74) is 7.22. The van der Waals surface area contributed by atoms with Crippen molar-refractivity contribution < 1.29 is 12.7 Å². The Morgan fingerprint density at radius 2 is 1.68 bits per heavy atom. The Morgan fingerprint density at radius 1 is 1.04 bits per heavy atom. The smallest absolute Gasteiger partial charge is 0.418 e. The highest BCUT2D eigenvalue weighted by atomic mass is 28.4. The number of allylic oxidation sites excluding steroid dienone is 4. The average molecular weight is 397 g/mol. The van der Waals surface area contributed by atoms with Crippen molar-refractivity contribution in [2.45, 2.75) is 59.9 Å². The van der Waals surface area contributed by atoms with Crippen LogP contribution in [-0.4, -0.2) is 34.9 Å². The van der Waals surface area contributed by atoms with Gasteiger partial charge in [0.25, 0.3) is 0 Å². The van der Waals surface area contributed by atoms with Gasteiger partial charge in [0.1, 0.15) is 0 Å². The predicted molar refractivity (Wildman–Crippen MR) is 114 cm³/mol. The Labute approximate surface area is 160 Å². The number of fused-ring (bicyclic) bond motifs is 2. The highest BCUT2D eigenvalue weighted by Gasteiger charge is 2.42. The fourth-order valence-corrected chi connectivity index (χ4v) is 11.4. The Morgan fingerprint density at radius 3 is 2.12 bits per heavy atom. The molecule has 1 fully saturated rings. The quantitative estimate of drug-likeness (QED) is 0.394. The summed E-state index contributed by atoms with van der Waals surface area (Å²) in [6, 6.07) is 0.996. The van der Waals surface area contributed by atoms with Crippen LogP contribution in [0.15, 0.2) is 34.7 Å². The van der Waals surface area contributed by atoms with Crippen molar-refractivity contribution >= 4 is 28.3 Å². The van der Waals surface area contributed by atoms with Crippen LogP contribution in [0, 0.1) is 17.8 Å². The molecule has 0 amide bonds. The molecule has 0 radical (unpaired) electrons. The van der Waals surface area contributed by atoms with Crippen molar-refractivity contribution in [1.82, 2.24) is 0 Å². The fraction of sp³-hybridized carbons (Fsp3) is 0.684. The van der Waals surface area contributed by atoms with Crippen molar-refractivity contribution in [3.8, 4) is 0 Å². The predicted octanol–water partition coefficient (Wildman–Crippen LogP) is 3.61. The molecule has 0 aromatic heterocycles. The first-order valence-electron chi connectivity index (χ1n) is 9.81. The summed E-state index contributed by atoms with van der Waals surface area (Å²) in [4.78, 5) is 0. The van der Waals surface area contributed by atoms with Gasteiger partial charge in [0.2, 0.25) is 0 Å². The second-order valence-electron chi connectivity index (χ2n) is 7.88. The zero-order valence-electron chi connectivity index (χ0n) is 16.7. The first-order chi connectivity index (χ1) is 11.9. The molecule has 2 aliphatic carbocycles. The molecule has 0 aliphatic heterocycles. The molecule has 0 heterocycles. The van der Waals surface area contributed by atoms with Gasteiger partial charge in [-0.25, -0.2) is 0 Å². The fourth-order valence-electron chi connectivity index (χ4n) is 3.82. The molecule has 3 nitrogen and oxygen atoms in total. The van der Waals surface area contributed by atoms with Gasteiger partial charge in [0.15, 0.2) is 19.5 Å². The van der Waals surface area contributed by atoms with E-state index in [0.29, 0.717) is 6.61 Å². The van der Waals surface area contributed by atoms with E-state index in [-0.39, 0.29) is 0 Å². The van der Waals surface area contributed by atoms with Crippen LogP contribution in [0.4, 0.5) is 0 Å². The summed E-state index contributed by atoms with van der Waals surface area (Å²) in [6.07, 6.45) is 8.79. The zero-order valence-corrected chi connectivity index (χ0v) is 20.5. The molecule has 1 saturated carbocycles. The van der Waals surface area contributed by atoms with Crippen LogP contribution in [0.25, 0.3) is 0 Å². The molecular weight excluding hydrogens is 360 g/mol. The first kappa shape index (κ1) is 21.1. The lowest BCUT2D eigenvalue weighted by Crippen LogP contribution is -2.48. The zero-order chi connectivity index (χ0) is 18.3. The molecule has 3 unspecified atom stereocenters. The van der Waals surface area contributed by atoms with Gasteiger partial charge in [-0.1, -0.05) is 34.7 Å². The third-order valence-corrected chi connectivity index (χ3v) is 13.6. The van der Waals surface area contributed by atoms with Crippen LogP contribution >= 0.6 is 0 Å². The van der Waals surface area contributed by atoms with Gasteiger partial charge in [0.05, 0.1) is 0 Å². The van der Waals surface area contributed by atoms with E-state index in [2.05, 4.69) is 58.2 Å². The van der Waals surface area contributed by atoms with Crippen LogP contribution in [0.2, 0.25) is 6.04 Å². The van der Waals surface area contributed by atoms with E-state index in [0.717, 1.165) is 23.8 Å². The summed E-state index contributed by atoms with van der Waals surface area (Å²) in [6.45, 7) is 11.3. The van der Waals surface area contributed by atoms with Gasteiger partial charge in [-0.05, 0) is 71.6 Å². The molecular formula is C19H36O3Si3. The number of hydrogen-bond acceptors (Lipinski definition) is 3. The molecule has 6 heteroatoms. The average Bonchev–Trinajstić information content (AvgIpc) is 3.15. The van der Waals surface area contributed by atoms with Gasteiger partial charge >= 0.3 is 8.80 Å². The molecule has 0 aromatic carbocycles.